The van der Waals surface area contributed by atoms with Gasteiger partial charge in [0.2, 0.25) is 5.91 Å². The van der Waals surface area contributed by atoms with Crippen molar-refractivity contribution in [3.05, 3.63) is 18.2 Å². The van der Waals surface area contributed by atoms with E-state index in [1.807, 2.05) is 19.4 Å². The van der Waals surface area contributed by atoms with E-state index in [1.54, 1.807) is 0 Å². The van der Waals surface area contributed by atoms with Crippen LogP contribution in [0, 0.1) is 0 Å². The predicted octanol–water partition coefficient (Wildman–Crippen LogP) is 0.128. The molecule has 2 heterocycles. The van der Waals surface area contributed by atoms with Gasteiger partial charge < -0.3 is 15.2 Å². The minimum absolute atomic E-state index is 0.0775. The number of nitrogens with one attached hydrogen (secondary N) is 2. The summed E-state index contributed by atoms with van der Waals surface area (Å²) in [6.07, 6.45) is 6.38. The maximum atomic E-state index is 12.2. The topological polar surface area (TPSA) is 62.2 Å². The second-order valence-corrected chi connectivity index (χ2v) is 5.61. The van der Waals surface area contributed by atoms with Crippen LogP contribution in [0.1, 0.15) is 31.5 Å². The molecule has 1 aliphatic carbocycles. The molecule has 1 aromatic heterocycles. The third-order valence-corrected chi connectivity index (χ3v) is 4.06. The predicted molar refractivity (Wildman–Crippen MR) is 76.2 cm³/mol. The van der Waals surface area contributed by atoms with E-state index >= 15 is 0 Å². The fourth-order valence-corrected chi connectivity index (χ4v) is 2.83. The van der Waals surface area contributed by atoms with Gasteiger partial charge in [-0.15, -0.1) is 0 Å². The number of rotatable bonds is 5. The van der Waals surface area contributed by atoms with Crippen LogP contribution in [-0.2, 0) is 11.3 Å². The Hall–Kier alpha value is -1.40. The molecule has 0 spiro atoms. The van der Waals surface area contributed by atoms with Crippen LogP contribution < -0.4 is 10.6 Å². The van der Waals surface area contributed by atoms with Crippen LogP contribution in [0.25, 0.3) is 0 Å². The van der Waals surface area contributed by atoms with Crippen molar-refractivity contribution in [3.63, 3.8) is 0 Å². The highest BCUT2D eigenvalue weighted by Crippen LogP contribution is 2.35. The lowest BCUT2D eigenvalue weighted by atomic mass is 10.1. The molecule has 3 rings (SSSR count). The van der Waals surface area contributed by atoms with Crippen molar-refractivity contribution in [1.29, 1.82) is 0 Å². The number of carbonyl (C=O) groups excluding carboxylic acids is 1. The smallest absolute Gasteiger partial charge is 0.238 e. The van der Waals surface area contributed by atoms with Crippen LogP contribution in [0.2, 0.25) is 0 Å². The van der Waals surface area contributed by atoms with Crippen LogP contribution in [0.3, 0.4) is 0 Å². The summed E-state index contributed by atoms with van der Waals surface area (Å²) in [5.74, 6) is 0.122. The average Bonchev–Trinajstić information content (AvgIpc) is 3.20. The Bertz CT molecular complexity index is 468. The molecule has 2 N–H and O–H groups in total. The minimum Gasteiger partial charge on any atom is -0.355 e. The Morgan fingerprint density at radius 2 is 2.40 bits per heavy atom. The van der Waals surface area contributed by atoms with Crippen LogP contribution in [0.15, 0.2) is 12.5 Å². The van der Waals surface area contributed by atoms with Gasteiger partial charge in [-0.1, -0.05) is 0 Å². The maximum absolute atomic E-state index is 12.2. The van der Waals surface area contributed by atoms with E-state index in [0.29, 0.717) is 12.6 Å². The number of hydrogen-bond donors (Lipinski definition) is 2. The number of piperazine rings is 1. The molecule has 1 unspecified atom stereocenters. The van der Waals surface area contributed by atoms with E-state index in [2.05, 4.69) is 25.1 Å². The summed E-state index contributed by atoms with van der Waals surface area (Å²) in [6.45, 7) is 6.01. The number of hydrogen-bond acceptors (Lipinski definition) is 4. The zero-order chi connectivity index (χ0) is 13.9. The molecule has 1 aliphatic heterocycles. The number of imidazole rings is 1. The number of likely N-dealkylation sites (N-methyl/N-ethyl adjacent to an activating group) is 1. The molecule has 2 fully saturated rings. The molecule has 1 aromatic rings. The second kappa shape index (κ2) is 5.93. The zero-order valence-electron chi connectivity index (χ0n) is 12.0. The monoisotopic (exact) mass is 277 g/mol. The lowest BCUT2D eigenvalue weighted by Gasteiger charge is -2.35. The molecule has 2 aliphatic rings. The second-order valence-electron chi connectivity index (χ2n) is 5.61. The molecular weight excluding hydrogens is 254 g/mol. The van der Waals surface area contributed by atoms with Gasteiger partial charge in [0.15, 0.2) is 0 Å². The highest BCUT2D eigenvalue weighted by molar-refractivity contribution is 5.82. The highest BCUT2D eigenvalue weighted by atomic mass is 16.2. The van der Waals surface area contributed by atoms with Crippen molar-refractivity contribution >= 4 is 5.91 Å². The third kappa shape index (κ3) is 2.86. The van der Waals surface area contributed by atoms with Gasteiger partial charge in [-0.05, 0) is 19.8 Å². The fourth-order valence-electron chi connectivity index (χ4n) is 2.83. The Kier molecular flexibility index (Phi) is 4.03. The van der Waals surface area contributed by atoms with Gasteiger partial charge >= 0.3 is 0 Å². The minimum atomic E-state index is -0.0775. The first kappa shape index (κ1) is 13.6. The standard InChI is InChI=1S/C14H23N5O/c1-2-17-14(20)13-8-15-5-6-18(13)9-12-7-16-10-19(12)11-3-4-11/h7,10-11,13,15H,2-6,8-9H2,1H3,(H,17,20). The average molecular weight is 277 g/mol. The van der Waals surface area contributed by atoms with E-state index in [0.717, 1.165) is 26.2 Å². The van der Waals surface area contributed by atoms with Gasteiger partial charge in [-0.25, -0.2) is 4.98 Å². The van der Waals surface area contributed by atoms with Gasteiger partial charge in [-0.2, -0.15) is 0 Å². The summed E-state index contributed by atoms with van der Waals surface area (Å²) in [7, 11) is 0. The van der Waals surface area contributed by atoms with E-state index in [4.69, 9.17) is 0 Å². The Balaban J connectivity index is 1.69. The molecule has 0 radical (unpaired) electrons. The lowest BCUT2D eigenvalue weighted by Crippen LogP contribution is -2.57. The van der Waals surface area contributed by atoms with Crippen molar-refractivity contribution in [1.82, 2.24) is 25.1 Å². The number of aromatic nitrogens is 2. The van der Waals surface area contributed by atoms with Crippen LogP contribution in [-0.4, -0.2) is 52.6 Å². The molecule has 0 aromatic carbocycles. The highest BCUT2D eigenvalue weighted by Gasteiger charge is 2.30. The largest absolute Gasteiger partial charge is 0.355 e. The van der Waals surface area contributed by atoms with Gasteiger partial charge in [0, 0.05) is 45.0 Å². The van der Waals surface area contributed by atoms with Gasteiger partial charge in [-0.3, -0.25) is 9.69 Å². The van der Waals surface area contributed by atoms with Gasteiger partial charge in [0.25, 0.3) is 0 Å². The number of amides is 1. The molecule has 1 atom stereocenters. The maximum Gasteiger partial charge on any atom is 0.238 e. The first-order valence-corrected chi connectivity index (χ1v) is 7.52. The Morgan fingerprint density at radius 1 is 1.55 bits per heavy atom. The Labute approximate surface area is 119 Å². The molecule has 20 heavy (non-hydrogen) atoms. The molecule has 1 amide bonds. The molecule has 6 heteroatoms. The number of carbonyl (C=O) groups is 1. The van der Waals surface area contributed by atoms with Crippen molar-refractivity contribution in [2.75, 3.05) is 26.2 Å². The summed E-state index contributed by atoms with van der Waals surface area (Å²) < 4.78 is 2.27. The molecule has 1 saturated carbocycles. The normalized spacial score (nSPS) is 23.8. The first-order valence-electron chi connectivity index (χ1n) is 7.52. The van der Waals surface area contributed by atoms with Crippen molar-refractivity contribution in [2.24, 2.45) is 0 Å². The third-order valence-electron chi connectivity index (χ3n) is 4.06. The quantitative estimate of drug-likeness (QED) is 0.803. The van der Waals surface area contributed by atoms with Crippen molar-refractivity contribution < 1.29 is 4.79 Å². The van der Waals surface area contributed by atoms with Crippen LogP contribution in [0.4, 0.5) is 0 Å². The molecule has 1 saturated heterocycles. The van der Waals surface area contributed by atoms with Crippen LogP contribution in [0.5, 0.6) is 0 Å². The summed E-state index contributed by atoms with van der Waals surface area (Å²) in [5.41, 5.74) is 1.23. The summed E-state index contributed by atoms with van der Waals surface area (Å²) >= 11 is 0. The van der Waals surface area contributed by atoms with Gasteiger partial charge in [0.05, 0.1) is 12.0 Å². The van der Waals surface area contributed by atoms with E-state index in [-0.39, 0.29) is 11.9 Å². The summed E-state index contributed by atoms with van der Waals surface area (Å²) in [6, 6.07) is 0.560. The molecule has 6 nitrogen and oxygen atoms in total. The summed E-state index contributed by atoms with van der Waals surface area (Å²) in [4.78, 5) is 18.7. The SMILES string of the molecule is CCNC(=O)C1CNCCN1Cc1cncn1C1CC1. The van der Waals surface area contributed by atoms with Crippen molar-refractivity contribution in [3.8, 4) is 0 Å². The van der Waals surface area contributed by atoms with E-state index < -0.39 is 0 Å². The first-order chi connectivity index (χ1) is 9.79. The molecule has 110 valence electrons. The Morgan fingerprint density at radius 3 is 3.15 bits per heavy atom. The molecule has 0 bridgehead atoms. The summed E-state index contributed by atoms with van der Waals surface area (Å²) in [5, 5.41) is 6.24. The number of nitrogens with zero attached hydrogens (tertiary/aromatic N) is 3. The zero-order valence-corrected chi connectivity index (χ0v) is 12.0. The van der Waals surface area contributed by atoms with Crippen LogP contribution >= 0.6 is 0 Å². The van der Waals surface area contributed by atoms with Gasteiger partial charge in [0.1, 0.15) is 6.04 Å². The van der Waals surface area contributed by atoms with Crippen molar-refractivity contribution in [2.45, 2.75) is 38.4 Å². The fraction of sp³-hybridized carbons (Fsp3) is 0.714. The van der Waals surface area contributed by atoms with E-state index in [1.165, 1.54) is 18.5 Å². The van der Waals surface area contributed by atoms with E-state index in [9.17, 15) is 4.79 Å². The molecular formula is C14H23N5O. The lowest BCUT2D eigenvalue weighted by molar-refractivity contribution is -0.127.